The fourth-order valence-corrected chi connectivity index (χ4v) is 8.30. The molecule has 4 saturated carbocycles. The molecule has 2 N–H and O–H groups in total. The first kappa shape index (κ1) is 18.9. The zero-order valence-corrected chi connectivity index (χ0v) is 17.2. The molecular formula is C24H34O4. The zero-order valence-electron chi connectivity index (χ0n) is 17.2. The maximum absolute atomic E-state index is 12.2. The van der Waals surface area contributed by atoms with Crippen LogP contribution in [0.1, 0.15) is 83.1 Å². The lowest BCUT2D eigenvalue weighted by atomic mass is 9.43. The fraction of sp³-hybridized carbons (Fsp3) is 0.792. The van der Waals surface area contributed by atoms with E-state index in [4.69, 9.17) is 4.42 Å². The Morgan fingerprint density at radius 2 is 1.82 bits per heavy atom. The molecule has 0 spiro atoms. The first-order valence-electron chi connectivity index (χ1n) is 11.3. The van der Waals surface area contributed by atoms with E-state index in [2.05, 4.69) is 13.8 Å². The monoisotopic (exact) mass is 386 g/mol. The maximum Gasteiger partial charge on any atom is 0.335 e. The van der Waals surface area contributed by atoms with Gasteiger partial charge in [-0.25, -0.2) is 4.79 Å². The zero-order chi connectivity index (χ0) is 19.7. The molecule has 4 fully saturated rings. The van der Waals surface area contributed by atoms with Gasteiger partial charge in [-0.2, -0.15) is 0 Å². The van der Waals surface area contributed by atoms with Crippen molar-refractivity contribution in [3.8, 4) is 0 Å². The first-order chi connectivity index (χ1) is 13.3. The molecule has 4 nitrogen and oxygen atoms in total. The van der Waals surface area contributed by atoms with Crippen LogP contribution < -0.4 is 5.63 Å². The summed E-state index contributed by atoms with van der Waals surface area (Å²) in [5.41, 5.74) is 0.219. The molecule has 8 atom stereocenters. The van der Waals surface area contributed by atoms with Crippen molar-refractivity contribution >= 4 is 0 Å². The van der Waals surface area contributed by atoms with Gasteiger partial charge in [-0.05, 0) is 98.5 Å². The average molecular weight is 387 g/mol. The minimum Gasteiger partial charge on any atom is -0.431 e. The second kappa shape index (κ2) is 6.18. The van der Waals surface area contributed by atoms with Crippen LogP contribution in [0, 0.1) is 28.6 Å². The van der Waals surface area contributed by atoms with Crippen LogP contribution in [0.4, 0.5) is 0 Å². The summed E-state index contributed by atoms with van der Waals surface area (Å²) in [6, 6.07) is 3.42. The molecule has 28 heavy (non-hydrogen) atoms. The Labute approximate surface area is 167 Å². The van der Waals surface area contributed by atoms with Gasteiger partial charge >= 0.3 is 5.63 Å². The Morgan fingerprint density at radius 3 is 2.57 bits per heavy atom. The number of rotatable bonds is 1. The number of hydrogen-bond acceptors (Lipinski definition) is 4. The van der Waals surface area contributed by atoms with Crippen molar-refractivity contribution in [2.24, 2.45) is 28.6 Å². The van der Waals surface area contributed by atoms with Crippen LogP contribution >= 0.6 is 0 Å². The molecule has 154 valence electrons. The van der Waals surface area contributed by atoms with E-state index in [1.54, 1.807) is 6.26 Å². The lowest BCUT2D eigenvalue weighted by molar-refractivity contribution is -0.205. The third-order valence-corrected chi connectivity index (χ3v) is 9.95. The summed E-state index contributed by atoms with van der Waals surface area (Å²) < 4.78 is 5.17. The topological polar surface area (TPSA) is 70.7 Å². The highest BCUT2D eigenvalue weighted by atomic mass is 16.4. The van der Waals surface area contributed by atoms with Crippen LogP contribution in [0.3, 0.4) is 0 Å². The lowest BCUT2D eigenvalue weighted by Gasteiger charge is -2.63. The van der Waals surface area contributed by atoms with Gasteiger partial charge in [-0.1, -0.05) is 13.8 Å². The lowest BCUT2D eigenvalue weighted by Crippen LogP contribution is -2.62. The molecule has 0 amide bonds. The predicted octanol–water partition coefficient (Wildman–Crippen LogP) is 4.24. The van der Waals surface area contributed by atoms with Gasteiger partial charge in [-0.3, -0.25) is 0 Å². The number of aliphatic hydroxyl groups excluding tert-OH is 1. The second-order valence-electron chi connectivity index (χ2n) is 10.8. The van der Waals surface area contributed by atoms with Crippen molar-refractivity contribution in [1.82, 2.24) is 0 Å². The summed E-state index contributed by atoms with van der Waals surface area (Å²) in [6.45, 7) is 4.73. The van der Waals surface area contributed by atoms with E-state index in [1.807, 2.05) is 6.07 Å². The van der Waals surface area contributed by atoms with Gasteiger partial charge in [-0.15, -0.1) is 0 Å². The molecule has 4 aliphatic rings. The van der Waals surface area contributed by atoms with E-state index in [9.17, 15) is 15.0 Å². The average Bonchev–Trinajstić information content (AvgIpc) is 2.95. The molecule has 4 aliphatic carbocycles. The summed E-state index contributed by atoms with van der Waals surface area (Å²) in [5.74, 6) is 1.76. The Kier molecular flexibility index (Phi) is 4.17. The molecule has 1 aromatic rings. The highest BCUT2D eigenvalue weighted by Gasteiger charge is 2.67. The molecular weight excluding hydrogens is 352 g/mol. The van der Waals surface area contributed by atoms with E-state index < -0.39 is 5.60 Å². The highest BCUT2D eigenvalue weighted by molar-refractivity contribution is 5.27. The van der Waals surface area contributed by atoms with Crippen LogP contribution in [0.5, 0.6) is 0 Å². The molecule has 1 heterocycles. The van der Waals surface area contributed by atoms with Gasteiger partial charge in [0.25, 0.3) is 0 Å². The number of hydrogen-bond donors (Lipinski definition) is 2. The molecule has 1 aromatic heterocycles. The minimum atomic E-state index is -0.638. The van der Waals surface area contributed by atoms with Gasteiger partial charge in [0.05, 0.1) is 18.0 Å². The van der Waals surface area contributed by atoms with Gasteiger partial charge in [0, 0.05) is 11.5 Å². The summed E-state index contributed by atoms with van der Waals surface area (Å²) >= 11 is 0. The van der Waals surface area contributed by atoms with Gasteiger partial charge in [0.15, 0.2) is 0 Å². The van der Waals surface area contributed by atoms with Crippen molar-refractivity contribution in [3.63, 3.8) is 0 Å². The second-order valence-corrected chi connectivity index (χ2v) is 10.8. The molecule has 5 rings (SSSR count). The third kappa shape index (κ3) is 2.40. The van der Waals surface area contributed by atoms with Crippen LogP contribution in [-0.4, -0.2) is 21.9 Å². The molecule has 4 heteroatoms. The normalized spacial score (nSPS) is 50.5. The first-order valence-corrected chi connectivity index (χ1v) is 11.3. The molecule has 0 aliphatic heterocycles. The SMILES string of the molecule is C[C@]12CC[C@H](O)C[C@@H]1CC[C@H]1[C@H]2CC[C@]2(C)[C@@H](c3ccc(=O)oc3)CC[C@]12O. The largest absolute Gasteiger partial charge is 0.431 e. The summed E-state index contributed by atoms with van der Waals surface area (Å²) in [5, 5.41) is 22.4. The smallest absolute Gasteiger partial charge is 0.335 e. The van der Waals surface area contributed by atoms with Crippen molar-refractivity contribution in [3.05, 3.63) is 34.4 Å². The van der Waals surface area contributed by atoms with E-state index in [0.29, 0.717) is 17.8 Å². The summed E-state index contributed by atoms with van der Waals surface area (Å²) in [7, 11) is 0. The third-order valence-electron chi connectivity index (χ3n) is 9.95. The van der Waals surface area contributed by atoms with Crippen LogP contribution in [0.25, 0.3) is 0 Å². The van der Waals surface area contributed by atoms with Crippen LogP contribution in [-0.2, 0) is 0 Å². The Morgan fingerprint density at radius 1 is 1.00 bits per heavy atom. The number of aliphatic hydroxyl groups is 2. The summed E-state index contributed by atoms with van der Waals surface area (Å²) in [4.78, 5) is 11.4. The van der Waals surface area contributed by atoms with Gasteiger partial charge in [0.2, 0.25) is 0 Å². The van der Waals surface area contributed by atoms with E-state index in [0.717, 1.165) is 56.9 Å². The molecule has 0 saturated heterocycles. The van der Waals surface area contributed by atoms with E-state index in [1.165, 1.54) is 12.5 Å². The molecule has 0 unspecified atom stereocenters. The number of fused-ring (bicyclic) bond motifs is 5. The van der Waals surface area contributed by atoms with Crippen molar-refractivity contribution in [1.29, 1.82) is 0 Å². The van der Waals surface area contributed by atoms with Crippen molar-refractivity contribution in [2.75, 3.05) is 0 Å². The fourth-order valence-electron chi connectivity index (χ4n) is 8.30. The highest BCUT2D eigenvalue weighted by Crippen LogP contribution is 2.70. The summed E-state index contributed by atoms with van der Waals surface area (Å²) in [6.07, 6.45) is 10.7. The van der Waals surface area contributed by atoms with Crippen LogP contribution in [0.2, 0.25) is 0 Å². The van der Waals surface area contributed by atoms with Crippen molar-refractivity contribution < 1.29 is 14.6 Å². The molecule has 0 radical (unpaired) electrons. The Balaban J connectivity index is 1.48. The van der Waals surface area contributed by atoms with Gasteiger partial charge < -0.3 is 14.6 Å². The minimum absolute atomic E-state index is 0.129. The molecule has 0 bridgehead atoms. The standard InChI is InChI=1S/C24H34O4/c1-22-10-7-17(25)13-16(22)4-5-20-19(22)8-11-23(2)18(9-12-24(20,23)27)15-3-6-21(26)28-14-15/h3,6,14,16-20,25,27H,4-5,7-13H2,1-2H3/t16-,17-,18+,19+,20-,22-,23+,24-/m0/s1. The molecule has 0 aromatic carbocycles. The Hall–Kier alpha value is -1.13. The van der Waals surface area contributed by atoms with E-state index in [-0.39, 0.29) is 28.5 Å². The van der Waals surface area contributed by atoms with Crippen molar-refractivity contribution in [2.45, 2.75) is 89.3 Å². The van der Waals surface area contributed by atoms with E-state index >= 15 is 0 Å². The predicted molar refractivity (Wildman–Crippen MR) is 107 cm³/mol. The maximum atomic E-state index is 12.2. The Bertz CT molecular complexity index is 797. The van der Waals surface area contributed by atoms with Crippen LogP contribution in [0.15, 0.2) is 27.6 Å². The quantitative estimate of drug-likeness (QED) is 0.757. The van der Waals surface area contributed by atoms with Gasteiger partial charge in [0.1, 0.15) is 0 Å².